The van der Waals surface area contributed by atoms with E-state index < -0.39 is 0 Å². The number of hydrogen-bond acceptors (Lipinski definition) is 6. The van der Waals surface area contributed by atoms with Crippen LogP contribution in [-0.4, -0.2) is 43.7 Å². The zero-order valence-corrected chi connectivity index (χ0v) is 18.2. The maximum Gasteiger partial charge on any atom is 0.293 e. The SMILES string of the molecule is CC(C)Nc1n[nH]c2nc([C@H]3CCCN3C(=O)c3cc(C4CCCCC4)no3)ccc12. The highest BCUT2D eigenvalue weighted by Gasteiger charge is 2.34. The molecule has 0 bridgehead atoms. The van der Waals surface area contributed by atoms with Gasteiger partial charge in [0.15, 0.2) is 11.5 Å². The van der Waals surface area contributed by atoms with E-state index in [4.69, 9.17) is 9.51 Å². The van der Waals surface area contributed by atoms with Crippen molar-refractivity contribution in [1.29, 1.82) is 0 Å². The number of fused-ring (bicyclic) bond motifs is 1. The van der Waals surface area contributed by atoms with Crippen LogP contribution in [0.4, 0.5) is 5.82 Å². The van der Waals surface area contributed by atoms with Crippen molar-refractivity contribution in [3.63, 3.8) is 0 Å². The van der Waals surface area contributed by atoms with Gasteiger partial charge in [-0.2, -0.15) is 5.10 Å². The van der Waals surface area contributed by atoms with Crippen molar-refractivity contribution in [3.8, 4) is 0 Å². The van der Waals surface area contributed by atoms with Crippen molar-refractivity contribution in [2.45, 2.75) is 76.8 Å². The van der Waals surface area contributed by atoms with Crippen LogP contribution in [0.3, 0.4) is 0 Å². The largest absolute Gasteiger partial charge is 0.366 e. The Morgan fingerprint density at radius 2 is 2.00 bits per heavy atom. The number of nitrogens with one attached hydrogen (secondary N) is 2. The molecule has 2 N–H and O–H groups in total. The van der Waals surface area contributed by atoms with E-state index in [-0.39, 0.29) is 18.0 Å². The van der Waals surface area contributed by atoms with Gasteiger partial charge in [-0.1, -0.05) is 24.4 Å². The molecule has 1 aliphatic carbocycles. The maximum atomic E-state index is 13.3. The van der Waals surface area contributed by atoms with E-state index in [1.807, 2.05) is 23.1 Å². The van der Waals surface area contributed by atoms with Crippen LogP contribution >= 0.6 is 0 Å². The number of nitrogens with zero attached hydrogens (tertiary/aromatic N) is 4. The van der Waals surface area contributed by atoms with Gasteiger partial charge in [0.2, 0.25) is 5.76 Å². The van der Waals surface area contributed by atoms with Gasteiger partial charge in [-0.3, -0.25) is 9.89 Å². The Bertz CT molecular complexity index is 1070. The number of carbonyl (C=O) groups excluding carboxylic acids is 1. The molecule has 1 saturated heterocycles. The summed E-state index contributed by atoms with van der Waals surface area (Å²) in [6, 6.07) is 6.12. The van der Waals surface area contributed by atoms with Gasteiger partial charge in [-0.05, 0) is 51.7 Å². The third kappa shape index (κ3) is 3.91. The average Bonchev–Trinajstić information content (AvgIpc) is 3.53. The van der Waals surface area contributed by atoms with Gasteiger partial charge >= 0.3 is 0 Å². The summed E-state index contributed by atoms with van der Waals surface area (Å²) in [6.07, 6.45) is 7.85. The molecule has 2 aliphatic rings. The Hall–Kier alpha value is -2.90. The maximum absolute atomic E-state index is 13.3. The molecular weight excluding hydrogens is 392 g/mol. The third-order valence-electron chi connectivity index (χ3n) is 6.49. The van der Waals surface area contributed by atoms with Gasteiger partial charge in [-0.15, -0.1) is 0 Å². The van der Waals surface area contributed by atoms with E-state index in [0.717, 1.165) is 53.9 Å². The van der Waals surface area contributed by atoms with Crippen LogP contribution in [0.15, 0.2) is 22.7 Å². The van der Waals surface area contributed by atoms with Crippen LogP contribution in [0, 0.1) is 0 Å². The average molecular weight is 423 g/mol. The molecule has 2 fully saturated rings. The fourth-order valence-electron chi connectivity index (χ4n) is 4.93. The Morgan fingerprint density at radius 3 is 2.81 bits per heavy atom. The zero-order valence-electron chi connectivity index (χ0n) is 18.2. The molecule has 31 heavy (non-hydrogen) atoms. The molecule has 0 aromatic carbocycles. The summed E-state index contributed by atoms with van der Waals surface area (Å²) in [5.41, 5.74) is 2.55. The first-order valence-electron chi connectivity index (χ1n) is 11.5. The fraction of sp³-hybridized carbons (Fsp3) is 0.565. The normalized spacial score (nSPS) is 20.1. The molecule has 0 spiro atoms. The number of hydrogen-bond donors (Lipinski definition) is 2. The first-order valence-corrected chi connectivity index (χ1v) is 11.5. The Morgan fingerprint density at radius 1 is 1.16 bits per heavy atom. The van der Waals surface area contributed by atoms with E-state index in [2.05, 4.69) is 34.5 Å². The molecule has 1 atom stereocenters. The summed E-state index contributed by atoms with van der Waals surface area (Å²) in [6.45, 7) is 4.85. The van der Waals surface area contributed by atoms with Crippen molar-refractivity contribution >= 4 is 22.8 Å². The molecule has 4 heterocycles. The number of anilines is 1. The van der Waals surface area contributed by atoms with Gasteiger partial charge in [0, 0.05) is 24.6 Å². The van der Waals surface area contributed by atoms with Crippen LogP contribution < -0.4 is 5.32 Å². The summed E-state index contributed by atoms with van der Waals surface area (Å²) < 4.78 is 5.50. The van der Waals surface area contributed by atoms with E-state index in [1.165, 1.54) is 19.3 Å². The van der Waals surface area contributed by atoms with Crippen LogP contribution in [-0.2, 0) is 0 Å². The zero-order chi connectivity index (χ0) is 21.4. The van der Waals surface area contributed by atoms with E-state index in [0.29, 0.717) is 18.2 Å². The second-order valence-corrected chi connectivity index (χ2v) is 9.11. The summed E-state index contributed by atoms with van der Waals surface area (Å²) in [4.78, 5) is 19.9. The standard InChI is InChI=1S/C23H30N6O2/c1-14(2)24-21-16-10-11-17(25-22(16)27-26-21)19-9-6-12-29(19)23(30)20-13-18(28-31-20)15-7-4-3-5-8-15/h10-11,13-15,19H,3-9,12H2,1-2H3,(H2,24,25,26,27)/t19-/m1/s1. The van der Waals surface area contributed by atoms with Crippen LogP contribution in [0.2, 0.25) is 0 Å². The quantitative estimate of drug-likeness (QED) is 0.613. The molecule has 1 amide bonds. The second-order valence-electron chi connectivity index (χ2n) is 9.11. The van der Waals surface area contributed by atoms with Crippen molar-refractivity contribution in [3.05, 3.63) is 35.3 Å². The Kier molecular flexibility index (Phi) is 5.38. The number of amides is 1. The minimum atomic E-state index is -0.0919. The second kappa shape index (κ2) is 8.32. The van der Waals surface area contributed by atoms with Crippen molar-refractivity contribution in [1.82, 2.24) is 25.2 Å². The van der Waals surface area contributed by atoms with Gasteiger partial charge < -0.3 is 14.7 Å². The highest BCUT2D eigenvalue weighted by molar-refractivity contribution is 5.92. The van der Waals surface area contributed by atoms with Crippen molar-refractivity contribution in [2.24, 2.45) is 0 Å². The van der Waals surface area contributed by atoms with Crippen LogP contribution in [0.1, 0.15) is 92.7 Å². The fourth-order valence-corrected chi connectivity index (χ4v) is 4.93. The highest BCUT2D eigenvalue weighted by Crippen LogP contribution is 2.35. The molecule has 0 unspecified atom stereocenters. The molecular formula is C23H30N6O2. The van der Waals surface area contributed by atoms with Gasteiger partial charge in [0.05, 0.1) is 22.8 Å². The van der Waals surface area contributed by atoms with Gasteiger partial charge in [0.25, 0.3) is 5.91 Å². The lowest BCUT2D eigenvalue weighted by Gasteiger charge is -2.23. The number of H-pyrrole nitrogens is 1. The number of carbonyl (C=O) groups is 1. The summed E-state index contributed by atoms with van der Waals surface area (Å²) >= 11 is 0. The number of pyridine rings is 1. The molecule has 3 aromatic heterocycles. The summed E-state index contributed by atoms with van der Waals surface area (Å²) in [5, 5.41) is 15.9. The lowest BCUT2D eigenvalue weighted by Crippen LogP contribution is -2.30. The van der Waals surface area contributed by atoms with Crippen molar-refractivity contribution in [2.75, 3.05) is 11.9 Å². The van der Waals surface area contributed by atoms with E-state index >= 15 is 0 Å². The molecule has 0 radical (unpaired) electrons. The summed E-state index contributed by atoms with van der Waals surface area (Å²) in [7, 11) is 0. The molecule has 3 aromatic rings. The van der Waals surface area contributed by atoms with Crippen LogP contribution in [0.5, 0.6) is 0 Å². The third-order valence-corrected chi connectivity index (χ3v) is 6.49. The lowest BCUT2D eigenvalue weighted by atomic mass is 9.87. The molecule has 8 nitrogen and oxygen atoms in total. The van der Waals surface area contributed by atoms with Gasteiger partial charge in [0.1, 0.15) is 0 Å². The minimum Gasteiger partial charge on any atom is -0.366 e. The number of likely N-dealkylation sites (tertiary alicyclic amines) is 1. The Labute approximate surface area is 181 Å². The molecule has 1 aliphatic heterocycles. The first kappa shape index (κ1) is 20.0. The predicted molar refractivity (Wildman–Crippen MR) is 118 cm³/mol. The monoisotopic (exact) mass is 422 g/mol. The minimum absolute atomic E-state index is 0.0649. The van der Waals surface area contributed by atoms with Crippen molar-refractivity contribution < 1.29 is 9.32 Å². The van der Waals surface area contributed by atoms with Gasteiger partial charge in [-0.25, -0.2) is 4.98 Å². The number of aromatic nitrogens is 4. The van der Waals surface area contributed by atoms with E-state index in [9.17, 15) is 4.79 Å². The topological polar surface area (TPSA) is 99.9 Å². The lowest BCUT2D eigenvalue weighted by molar-refractivity contribution is 0.0690. The number of rotatable bonds is 5. The smallest absolute Gasteiger partial charge is 0.293 e. The molecule has 5 rings (SSSR count). The first-order chi connectivity index (χ1) is 15.1. The Balaban J connectivity index is 1.36. The molecule has 164 valence electrons. The molecule has 8 heteroatoms. The van der Waals surface area contributed by atoms with E-state index in [1.54, 1.807) is 0 Å². The highest BCUT2D eigenvalue weighted by atomic mass is 16.5. The summed E-state index contributed by atoms with van der Waals surface area (Å²) in [5.74, 6) is 1.48. The van der Waals surface area contributed by atoms with Crippen LogP contribution in [0.25, 0.3) is 11.0 Å². The molecule has 1 saturated carbocycles. The number of aromatic amines is 1. The predicted octanol–water partition coefficient (Wildman–Crippen LogP) is 4.79.